The minimum Gasteiger partial charge on any atom is -0.493 e. The first kappa shape index (κ1) is 30.3. The fraction of sp³-hybridized carbons (Fsp3) is 0.273. The van der Waals surface area contributed by atoms with Crippen LogP contribution in [0.25, 0.3) is 10.9 Å². The molecule has 1 aliphatic rings. The van der Waals surface area contributed by atoms with E-state index in [2.05, 4.69) is 10.3 Å². The summed E-state index contributed by atoms with van der Waals surface area (Å²) in [6.07, 6.45) is 1.65. The number of carbonyl (C=O) groups is 3. The lowest BCUT2D eigenvalue weighted by atomic mass is 10.00. The van der Waals surface area contributed by atoms with Gasteiger partial charge in [0.25, 0.3) is 0 Å². The molecule has 4 aromatic rings. The van der Waals surface area contributed by atoms with Crippen LogP contribution < -0.4 is 24.4 Å². The van der Waals surface area contributed by atoms with Crippen LogP contribution in [0.1, 0.15) is 32.3 Å². The molecule has 0 saturated carbocycles. The van der Waals surface area contributed by atoms with Gasteiger partial charge in [0, 0.05) is 36.4 Å². The molecule has 1 N–H and O–H groups in total. The third-order valence-electron chi connectivity index (χ3n) is 7.49. The van der Waals surface area contributed by atoms with Crippen molar-refractivity contribution < 1.29 is 33.0 Å². The summed E-state index contributed by atoms with van der Waals surface area (Å²) in [4.78, 5) is 46.7. The highest BCUT2D eigenvalue weighted by Gasteiger charge is 2.43. The summed E-state index contributed by atoms with van der Waals surface area (Å²) in [6, 6.07) is 15.0. The molecule has 2 heterocycles. The largest absolute Gasteiger partial charge is 0.493 e. The van der Waals surface area contributed by atoms with Crippen molar-refractivity contribution in [1.82, 2.24) is 9.88 Å². The first-order valence-electron chi connectivity index (χ1n) is 14.2. The predicted octanol–water partition coefficient (Wildman–Crippen LogP) is 6.35. The van der Waals surface area contributed by atoms with Gasteiger partial charge in [0.2, 0.25) is 11.8 Å². The van der Waals surface area contributed by atoms with Crippen molar-refractivity contribution in [3.05, 3.63) is 78.2 Å². The average molecular weight is 601 g/mol. The molecule has 11 heteroatoms. The Bertz CT molecular complexity index is 1730. The van der Waals surface area contributed by atoms with Crippen LogP contribution in [0, 0.1) is 11.7 Å². The third kappa shape index (κ3) is 5.85. The molecule has 44 heavy (non-hydrogen) atoms. The van der Waals surface area contributed by atoms with Gasteiger partial charge in [-0.3, -0.25) is 14.6 Å². The fourth-order valence-corrected chi connectivity index (χ4v) is 5.11. The first-order chi connectivity index (χ1) is 21.1. The number of aromatic nitrogens is 1. The average Bonchev–Trinajstić information content (AvgIpc) is 3.02. The number of benzene rings is 3. The number of methoxy groups -OCH3 is 2. The van der Waals surface area contributed by atoms with E-state index in [1.807, 2.05) is 13.8 Å². The number of anilines is 2. The van der Waals surface area contributed by atoms with Crippen LogP contribution in [-0.4, -0.2) is 55.0 Å². The molecule has 1 unspecified atom stereocenters. The number of hydrogen-bond donors (Lipinski definition) is 1. The van der Waals surface area contributed by atoms with Crippen molar-refractivity contribution in [2.75, 3.05) is 37.5 Å². The van der Waals surface area contributed by atoms with E-state index in [1.54, 1.807) is 63.7 Å². The lowest BCUT2D eigenvalue weighted by Crippen LogP contribution is -2.59. The van der Waals surface area contributed by atoms with Crippen molar-refractivity contribution in [2.45, 2.75) is 26.7 Å². The van der Waals surface area contributed by atoms with Gasteiger partial charge in [-0.1, -0.05) is 13.8 Å². The van der Waals surface area contributed by atoms with Crippen molar-refractivity contribution in [3.8, 4) is 23.0 Å². The Morgan fingerprint density at radius 3 is 2.34 bits per heavy atom. The van der Waals surface area contributed by atoms with E-state index >= 15 is 0 Å². The Kier molecular flexibility index (Phi) is 8.66. The summed E-state index contributed by atoms with van der Waals surface area (Å²) in [5.41, 5.74) is 2.15. The molecule has 0 bridgehead atoms. The second-order valence-electron chi connectivity index (χ2n) is 10.6. The zero-order valence-corrected chi connectivity index (χ0v) is 25.1. The summed E-state index contributed by atoms with van der Waals surface area (Å²) in [6.45, 7) is 5.99. The number of rotatable bonds is 9. The molecule has 1 fully saturated rings. The first-order valence-corrected chi connectivity index (χ1v) is 14.2. The number of urea groups is 1. The lowest BCUT2D eigenvalue weighted by Gasteiger charge is -2.37. The van der Waals surface area contributed by atoms with Crippen LogP contribution in [0.2, 0.25) is 0 Å². The number of halogens is 1. The summed E-state index contributed by atoms with van der Waals surface area (Å²) < 4.78 is 30.8. The molecule has 0 spiro atoms. The Balaban J connectivity index is 1.41. The molecule has 0 radical (unpaired) electrons. The van der Waals surface area contributed by atoms with Gasteiger partial charge in [-0.2, -0.15) is 0 Å². The molecule has 3 aromatic carbocycles. The molecule has 228 valence electrons. The van der Waals surface area contributed by atoms with Crippen LogP contribution in [-0.2, 0) is 9.59 Å². The van der Waals surface area contributed by atoms with E-state index in [0.29, 0.717) is 40.7 Å². The van der Waals surface area contributed by atoms with E-state index in [9.17, 15) is 18.8 Å². The molecular weight excluding hydrogens is 567 g/mol. The normalized spacial score (nSPS) is 15.1. The molecular formula is C33H33FN4O6. The van der Waals surface area contributed by atoms with Crippen molar-refractivity contribution in [3.63, 3.8) is 0 Å². The predicted molar refractivity (Wildman–Crippen MR) is 164 cm³/mol. The minimum atomic E-state index is -1.16. The zero-order chi connectivity index (χ0) is 31.5. The number of carbonyl (C=O) groups excluding carboxylic acids is 3. The number of amides is 4. The van der Waals surface area contributed by atoms with Gasteiger partial charge in [-0.15, -0.1) is 0 Å². The van der Waals surface area contributed by atoms with Crippen molar-refractivity contribution >= 4 is 40.1 Å². The number of pyridine rings is 1. The summed E-state index contributed by atoms with van der Waals surface area (Å²) in [5, 5.41) is 3.58. The third-order valence-corrected chi connectivity index (χ3v) is 7.49. The Hall–Kier alpha value is -5.19. The van der Waals surface area contributed by atoms with Crippen molar-refractivity contribution in [2.24, 2.45) is 5.92 Å². The van der Waals surface area contributed by atoms with Crippen LogP contribution >= 0.6 is 0 Å². The highest BCUT2D eigenvalue weighted by atomic mass is 19.1. The number of fused-ring (bicyclic) bond motifs is 1. The molecule has 0 aliphatic carbocycles. The number of hydrogen-bond acceptors (Lipinski definition) is 7. The Labute approximate surface area is 254 Å². The molecule has 1 atom stereocenters. The highest BCUT2D eigenvalue weighted by Crippen LogP contribution is 2.39. The maximum atomic E-state index is 13.5. The Morgan fingerprint density at radius 1 is 0.977 bits per heavy atom. The van der Waals surface area contributed by atoms with E-state index in [0.717, 1.165) is 28.0 Å². The van der Waals surface area contributed by atoms with E-state index in [1.165, 1.54) is 17.0 Å². The molecule has 1 aliphatic heterocycles. The fourth-order valence-electron chi connectivity index (χ4n) is 5.11. The summed E-state index contributed by atoms with van der Waals surface area (Å²) >= 11 is 0. The smallest absolute Gasteiger partial charge is 0.331 e. The van der Waals surface area contributed by atoms with Crippen LogP contribution in [0.4, 0.5) is 20.6 Å². The minimum absolute atomic E-state index is 0.0167. The summed E-state index contributed by atoms with van der Waals surface area (Å²) in [5.74, 6) is -0.643. The van der Waals surface area contributed by atoms with Gasteiger partial charge in [0.05, 0.1) is 25.4 Å². The topological polar surface area (TPSA) is 110 Å². The van der Waals surface area contributed by atoms with Gasteiger partial charge in [0.15, 0.2) is 11.5 Å². The molecule has 4 amide bonds. The highest BCUT2D eigenvalue weighted by molar-refractivity contribution is 6.23. The standard InChI is InChI=1S/C33H33FN4O6/c1-6-37-18-25(32(40)38(33(37)41)22-10-7-20(34)8-11-22)31(39)36-21-9-12-27(23(15-21)19(2)3)44-28-13-14-35-26-17-30(43-5)29(42-4)16-24(26)28/h7-17,19,25H,6,18H2,1-5H3,(H,36,39). The van der Waals surface area contributed by atoms with E-state index in [4.69, 9.17) is 14.2 Å². The number of nitrogens with zero attached hydrogens (tertiary/aromatic N) is 3. The van der Waals surface area contributed by atoms with Crippen LogP contribution in [0.15, 0.2) is 66.9 Å². The van der Waals surface area contributed by atoms with Gasteiger partial charge in [0.1, 0.15) is 23.2 Å². The van der Waals surface area contributed by atoms with Gasteiger partial charge in [-0.25, -0.2) is 14.1 Å². The van der Waals surface area contributed by atoms with Crippen LogP contribution in [0.5, 0.6) is 23.0 Å². The quantitative estimate of drug-likeness (QED) is 0.223. The maximum Gasteiger partial charge on any atom is 0.331 e. The SMILES string of the molecule is CCN1CC(C(=O)Nc2ccc(Oc3ccnc4cc(OC)c(OC)cc34)c(C(C)C)c2)C(=O)N(c2ccc(F)cc2)C1=O. The zero-order valence-electron chi connectivity index (χ0n) is 25.1. The number of nitrogens with one attached hydrogen (secondary N) is 1. The lowest BCUT2D eigenvalue weighted by molar-refractivity contribution is -0.132. The number of ether oxygens (including phenoxy) is 3. The monoisotopic (exact) mass is 600 g/mol. The second-order valence-corrected chi connectivity index (χ2v) is 10.6. The number of imide groups is 1. The van der Waals surface area contributed by atoms with Crippen LogP contribution in [0.3, 0.4) is 0 Å². The second kappa shape index (κ2) is 12.6. The van der Waals surface area contributed by atoms with Gasteiger partial charge < -0.3 is 24.4 Å². The molecule has 10 nitrogen and oxygen atoms in total. The van der Waals surface area contributed by atoms with Gasteiger partial charge >= 0.3 is 6.03 Å². The van der Waals surface area contributed by atoms with E-state index < -0.39 is 29.6 Å². The molecule has 1 aromatic heterocycles. The van der Waals surface area contributed by atoms with Gasteiger partial charge in [-0.05, 0) is 73.0 Å². The Morgan fingerprint density at radius 2 is 1.68 bits per heavy atom. The van der Waals surface area contributed by atoms with E-state index in [-0.39, 0.29) is 18.2 Å². The molecule has 5 rings (SSSR count). The molecule has 1 saturated heterocycles. The maximum absolute atomic E-state index is 13.5. The van der Waals surface area contributed by atoms with Crippen molar-refractivity contribution in [1.29, 1.82) is 0 Å². The summed E-state index contributed by atoms with van der Waals surface area (Å²) in [7, 11) is 3.12.